The standard InChI is InChI=1S/C13H20O5/c1-9(12(15)16)5-4-8-18-13(17)10(2)6-7-11(3)14/h11,14H,1-2,4-8H2,3H3,(H,15,16). The van der Waals surface area contributed by atoms with Crippen LogP contribution in [0.15, 0.2) is 24.3 Å². The molecule has 0 aliphatic rings. The van der Waals surface area contributed by atoms with Crippen molar-refractivity contribution in [2.24, 2.45) is 0 Å². The van der Waals surface area contributed by atoms with Crippen LogP contribution < -0.4 is 0 Å². The number of aliphatic carboxylic acids is 1. The molecule has 0 rings (SSSR count). The van der Waals surface area contributed by atoms with Gasteiger partial charge in [-0.25, -0.2) is 9.59 Å². The zero-order valence-corrected chi connectivity index (χ0v) is 10.6. The number of aliphatic hydroxyl groups excluding tert-OH is 1. The number of carbonyl (C=O) groups excluding carboxylic acids is 1. The molecule has 0 saturated carbocycles. The molecule has 0 spiro atoms. The van der Waals surface area contributed by atoms with Gasteiger partial charge in [-0.3, -0.25) is 0 Å². The predicted octanol–water partition coefficient (Wildman–Crippen LogP) is 1.67. The maximum absolute atomic E-state index is 11.4. The minimum Gasteiger partial charge on any atom is -0.478 e. The minimum absolute atomic E-state index is 0.0963. The van der Waals surface area contributed by atoms with Gasteiger partial charge in [0.2, 0.25) is 0 Å². The molecule has 0 heterocycles. The van der Waals surface area contributed by atoms with Gasteiger partial charge in [-0.1, -0.05) is 13.2 Å². The predicted molar refractivity (Wildman–Crippen MR) is 67.0 cm³/mol. The van der Waals surface area contributed by atoms with E-state index in [1.165, 1.54) is 0 Å². The van der Waals surface area contributed by atoms with E-state index in [1.54, 1.807) is 6.92 Å². The van der Waals surface area contributed by atoms with Crippen molar-refractivity contribution in [3.63, 3.8) is 0 Å². The molecular weight excluding hydrogens is 236 g/mol. The number of carboxylic acid groups (broad SMARTS) is 1. The number of rotatable bonds is 9. The Morgan fingerprint density at radius 2 is 1.83 bits per heavy atom. The summed E-state index contributed by atoms with van der Waals surface area (Å²) >= 11 is 0. The fourth-order valence-corrected chi connectivity index (χ4v) is 1.14. The van der Waals surface area contributed by atoms with Gasteiger partial charge in [0.1, 0.15) is 0 Å². The second-order valence-corrected chi connectivity index (χ2v) is 4.14. The van der Waals surface area contributed by atoms with Crippen molar-refractivity contribution in [3.05, 3.63) is 24.3 Å². The Balaban J connectivity index is 3.74. The largest absolute Gasteiger partial charge is 0.478 e. The molecule has 0 aliphatic heterocycles. The van der Waals surface area contributed by atoms with E-state index >= 15 is 0 Å². The van der Waals surface area contributed by atoms with Gasteiger partial charge in [-0.05, 0) is 32.6 Å². The van der Waals surface area contributed by atoms with E-state index < -0.39 is 18.0 Å². The third-order valence-corrected chi connectivity index (χ3v) is 2.31. The van der Waals surface area contributed by atoms with Gasteiger partial charge in [0.15, 0.2) is 0 Å². The lowest BCUT2D eigenvalue weighted by Gasteiger charge is -2.08. The molecule has 2 N–H and O–H groups in total. The normalized spacial score (nSPS) is 11.7. The van der Waals surface area contributed by atoms with E-state index in [9.17, 15) is 9.59 Å². The van der Waals surface area contributed by atoms with Crippen LogP contribution in [0.25, 0.3) is 0 Å². The zero-order valence-electron chi connectivity index (χ0n) is 10.6. The van der Waals surface area contributed by atoms with Crippen molar-refractivity contribution in [2.75, 3.05) is 6.61 Å². The van der Waals surface area contributed by atoms with Crippen LogP contribution in [0.3, 0.4) is 0 Å². The molecule has 0 aromatic heterocycles. The molecule has 0 aromatic rings. The van der Waals surface area contributed by atoms with Gasteiger partial charge in [0, 0.05) is 11.1 Å². The molecule has 5 nitrogen and oxygen atoms in total. The van der Waals surface area contributed by atoms with Crippen LogP contribution in [0.1, 0.15) is 32.6 Å². The van der Waals surface area contributed by atoms with Crippen LogP contribution in [0.2, 0.25) is 0 Å². The Hall–Kier alpha value is -1.62. The van der Waals surface area contributed by atoms with E-state index in [1.807, 2.05) is 0 Å². The van der Waals surface area contributed by atoms with Crippen LogP contribution >= 0.6 is 0 Å². The molecule has 102 valence electrons. The molecule has 18 heavy (non-hydrogen) atoms. The average Bonchev–Trinajstić information content (AvgIpc) is 2.30. The zero-order chi connectivity index (χ0) is 14.1. The highest BCUT2D eigenvalue weighted by molar-refractivity contribution is 5.87. The number of hydrogen-bond donors (Lipinski definition) is 2. The third-order valence-electron chi connectivity index (χ3n) is 2.31. The number of carbonyl (C=O) groups is 2. The van der Waals surface area contributed by atoms with Crippen LogP contribution in [-0.2, 0) is 14.3 Å². The molecule has 0 aliphatic carbocycles. The van der Waals surface area contributed by atoms with Crippen molar-refractivity contribution in [1.29, 1.82) is 0 Å². The highest BCUT2D eigenvalue weighted by atomic mass is 16.5. The smallest absolute Gasteiger partial charge is 0.333 e. The maximum atomic E-state index is 11.4. The Morgan fingerprint density at radius 1 is 1.22 bits per heavy atom. The van der Waals surface area contributed by atoms with Crippen molar-refractivity contribution < 1.29 is 24.5 Å². The van der Waals surface area contributed by atoms with Gasteiger partial charge in [0.25, 0.3) is 0 Å². The van der Waals surface area contributed by atoms with Gasteiger partial charge in [-0.2, -0.15) is 0 Å². The van der Waals surface area contributed by atoms with E-state index in [4.69, 9.17) is 14.9 Å². The summed E-state index contributed by atoms with van der Waals surface area (Å²) in [6.45, 7) is 8.71. The molecule has 5 heteroatoms. The first kappa shape index (κ1) is 16.4. The Kier molecular flexibility index (Phi) is 7.71. The van der Waals surface area contributed by atoms with Gasteiger partial charge in [-0.15, -0.1) is 0 Å². The number of hydrogen-bond acceptors (Lipinski definition) is 4. The van der Waals surface area contributed by atoms with Gasteiger partial charge in [0.05, 0.1) is 12.7 Å². The van der Waals surface area contributed by atoms with E-state index in [2.05, 4.69) is 13.2 Å². The fourth-order valence-electron chi connectivity index (χ4n) is 1.14. The van der Waals surface area contributed by atoms with Crippen molar-refractivity contribution in [3.8, 4) is 0 Å². The summed E-state index contributed by atoms with van der Waals surface area (Å²) in [6, 6.07) is 0. The molecule has 0 amide bonds. The molecule has 0 radical (unpaired) electrons. The lowest BCUT2D eigenvalue weighted by Crippen LogP contribution is -2.11. The summed E-state index contributed by atoms with van der Waals surface area (Å²) in [5.74, 6) is -1.54. The van der Waals surface area contributed by atoms with Crippen molar-refractivity contribution in [2.45, 2.75) is 38.7 Å². The first-order chi connectivity index (χ1) is 8.34. The summed E-state index contributed by atoms with van der Waals surface area (Å²) in [7, 11) is 0. The average molecular weight is 256 g/mol. The third kappa shape index (κ3) is 7.62. The van der Waals surface area contributed by atoms with E-state index in [0.717, 1.165) is 0 Å². The van der Waals surface area contributed by atoms with E-state index in [0.29, 0.717) is 24.8 Å². The maximum Gasteiger partial charge on any atom is 0.333 e. The first-order valence-electron chi connectivity index (χ1n) is 5.78. The van der Waals surface area contributed by atoms with Gasteiger partial charge >= 0.3 is 11.9 Å². The van der Waals surface area contributed by atoms with Crippen molar-refractivity contribution in [1.82, 2.24) is 0 Å². The number of ether oxygens (including phenoxy) is 1. The minimum atomic E-state index is -1.04. The molecule has 1 atom stereocenters. The highest BCUT2D eigenvalue weighted by Gasteiger charge is 2.10. The molecule has 0 aromatic carbocycles. The topological polar surface area (TPSA) is 83.8 Å². The second kappa shape index (κ2) is 8.47. The Morgan fingerprint density at radius 3 is 2.33 bits per heavy atom. The summed E-state index contributed by atoms with van der Waals surface area (Å²) in [5.41, 5.74) is 0.409. The summed E-state index contributed by atoms with van der Waals surface area (Å²) in [5, 5.41) is 17.6. The van der Waals surface area contributed by atoms with Gasteiger partial charge < -0.3 is 14.9 Å². The molecule has 0 fully saturated rings. The lowest BCUT2D eigenvalue weighted by atomic mass is 10.1. The molecule has 0 saturated heterocycles. The SMILES string of the molecule is C=C(CCCOC(=O)C(=C)CCC(C)O)C(=O)O. The Bertz CT molecular complexity index is 330. The first-order valence-corrected chi connectivity index (χ1v) is 5.78. The number of esters is 1. The summed E-state index contributed by atoms with van der Waals surface area (Å²) in [6.07, 6.45) is 1.07. The quantitative estimate of drug-likeness (QED) is 0.372. The number of carboxylic acids is 1. The van der Waals surface area contributed by atoms with Crippen LogP contribution in [0.5, 0.6) is 0 Å². The van der Waals surface area contributed by atoms with E-state index in [-0.39, 0.29) is 18.6 Å². The molecule has 1 unspecified atom stereocenters. The fraction of sp³-hybridized carbons (Fsp3) is 0.538. The summed E-state index contributed by atoms with van der Waals surface area (Å²) in [4.78, 5) is 21.8. The second-order valence-electron chi connectivity index (χ2n) is 4.14. The highest BCUT2D eigenvalue weighted by Crippen LogP contribution is 2.08. The number of aliphatic hydroxyl groups is 1. The monoisotopic (exact) mass is 256 g/mol. The van der Waals surface area contributed by atoms with Crippen molar-refractivity contribution >= 4 is 11.9 Å². The lowest BCUT2D eigenvalue weighted by molar-refractivity contribution is -0.139. The molecular formula is C13H20O5. The van der Waals surface area contributed by atoms with Crippen LogP contribution in [0.4, 0.5) is 0 Å². The Labute approximate surface area is 107 Å². The molecule has 0 bridgehead atoms. The van der Waals surface area contributed by atoms with Crippen LogP contribution in [-0.4, -0.2) is 34.9 Å². The van der Waals surface area contributed by atoms with Crippen LogP contribution in [0, 0.1) is 0 Å². The summed E-state index contributed by atoms with van der Waals surface area (Å²) < 4.78 is 4.91.